The van der Waals surface area contributed by atoms with Crippen LogP contribution < -0.4 is 0 Å². The number of carbonyl (C=O) groups excluding carboxylic acids is 2. The van der Waals surface area contributed by atoms with Crippen molar-refractivity contribution in [1.29, 1.82) is 0 Å². The summed E-state index contributed by atoms with van der Waals surface area (Å²) in [5.41, 5.74) is 3.25. The maximum absolute atomic E-state index is 12.8. The van der Waals surface area contributed by atoms with Gasteiger partial charge in [-0.2, -0.15) is 0 Å². The molecule has 1 amide bonds. The van der Waals surface area contributed by atoms with Crippen LogP contribution in [0.2, 0.25) is 0 Å². The Labute approximate surface area is 169 Å². The average molecular weight is 390 g/mol. The van der Waals surface area contributed by atoms with Gasteiger partial charge in [-0.25, -0.2) is 9.78 Å². The first kappa shape index (κ1) is 18.9. The van der Waals surface area contributed by atoms with Gasteiger partial charge in [0.05, 0.1) is 0 Å². The molecule has 0 saturated heterocycles. The van der Waals surface area contributed by atoms with E-state index in [1.807, 2.05) is 48.5 Å². The predicted molar refractivity (Wildman–Crippen MR) is 107 cm³/mol. The second kappa shape index (κ2) is 7.91. The zero-order valence-corrected chi connectivity index (χ0v) is 16.4. The van der Waals surface area contributed by atoms with E-state index in [1.54, 1.807) is 18.7 Å². The standard InChI is InChI=1S/C23H22N2O4/c1-15-20(24-21(28-15)18-9-4-3-5-10-18)23(27)29-16(2)22(26)25-13-12-17-8-6-7-11-19(17)14-25/h3-11,16H,12-14H2,1-2H3/t16-/m1/s1. The largest absolute Gasteiger partial charge is 0.448 e. The van der Waals surface area contributed by atoms with Crippen LogP contribution in [0.15, 0.2) is 59.0 Å². The summed E-state index contributed by atoms with van der Waals surface area (Å²) in [7, 11) is 0. The first-order chi connectivity index (χ1) is 14.0. The number of carbonyl (C=O) groups is 2. The number of aromatic nitrogens is 1. The molecule has 1 atom stereocenters. The molecule has 3 aromatic rings. The summed E-state index contributed by atoms with van der Waals surface area (Å²) in [5.74, 6) is -0.161. The van der Waals surface area contributed by atoms with Crippen molar-refractivity contribution in [3.63, 3.8) is 0 Å². The van der Waals surface area contributed by atoms with E-state index < -0.39 is 12.1 Å². The Morgan fingerprint density at radius 3 is 2.52 bits per heavy atom. The van der Waals surface area contributed by atoms with E-state index in [0.717, 1.165) is 17.5 Å². The zero-order valence-electron chi connectivity index (χ0n) is 16.4. The second-order valence-corrected chi connectivity index (χ2v) is 7.12. The lowest BCUT2D eigenvalue weighted by Crippen LogP contribution is -2.42. The van der Waals surface area contributed by atoms with Crippen LogP contribution in [0.4, 0.5) is 0 Å². The Balaban J connectivity index is 1.43. The number of aryl methyl sites for hydroxylation is 1. The zero-order chi connectivity index (χ0) is 20.4. The van der Waals surface area contributed by atoms with Gasteiger partial charge in [0.25, 0.3) is 5.91 Å². The average Bonchev–Trinajstić information content (AvgIpc) is 3.15. The number of nitrogens with zero attached hydrogens (tertiary/aromatic N) is 2. The third kappa shape index (κ3) is 3.92. The molecule has 6 nitrogen and oxygen atoms in total. The predicted octanol–water partition coefficient (Wildman–Crippen LogP) is 3.78. The number of oxazole rings is 1. The first-order valence-electron chi connectivity index (χ1n) is 9.62. The fraction of sp³-hybridized carbons (Fsp3) is 0.261. The molecule has 29 heavy (non-hydrogen) atoms. The number of hydrogen-bond donors (Lipinski definition) is 0. The normalized spacial score (nSPS) is 14.2. The van der Waals surface area contributed by atoms with Crippen LogP contribution in [-0.2, 0) is 22.5 Å². The fourth-order valence-corrected chi connectivity index (χ4v) is 3.50. The lowest BCUT2D eigenvalue weighted by molar-refractivity contribution is -0.140. The molecular weight excluding hydrogens is 368 g/mol. The molecule has 6 heteroatoms. The van der Waals surface area contributed by atoms with Gasteiger partial charge in [0.15, 0.2) is 11.8 Å². The molecule has 0 fully saturated rings. The summed E-state index contributed by atoms with van der Waals surface area (Å²) in [5, 5.41) is 0. The molecule has 1 aliphatic heterocycles. The van der Waals surface area contributed by atoms with Gasteiger partial charge in [-0.15, -0.1) is 0 Å². The Kier molecular flexibility index (Phi) is 5.16. The van der Waals surface area contributed by atoms with Crippen molar-refractivity contribution in [3.8, 4) is 11.5 Å². The third-order valence-corrected chi connectivity index (χ3v) is 5.08. The lowest BCUT2D eigenvalue weighted by atomic mass is 9.99. The molecule has 0 N–H and O–H groups in total. The highest BCUT2D eigenvalue weighted by Crippen LogP contribution is 2.23. The van der Waals surface area contributed by atoms with Crippen LogP contribution >= 0.6 is 0 Å². The summed E-state index contributed by atoms with van der Waals surface area (Å²) >= 11 is 0. The van der Waals surface area contributed by atoms with Crippen LogP contribution in [0.3, 0.4) is 0 Å². The molecule has 2 heterocycles. The van der Waals surface area contributed by atoms with Crippen molar-refractivity contribution in [2.24, 2.45) is 0 Å². The molecular formula is C23H22N2O4. The van der Waals surface area contributed by atoms with Gasteiger partial charge in [0.1, 0.15) is 5.76 Å². The van der Waals surface area contributed by atoms with E-state index >= 15 is 0 Å². The number of hydrogen-bond acceptors (Lipinski definition) is 5. The topological polar surface area (TPSA) is 72.6 Å². The van der Waals surface area contributed by atoms with E-state index in [4.69, 9.17) is 9.15 Å². The second-order valence-electron chi connectivity index (χ2n) is 7.12. The Bertz CT molecular complexity index is 1040. The van der Waals surface area contributed by atoms with Gasteiger partial charge < -0.3 is 14.1 Å². The fourth-order valence-electron chi connectivity index (χ4n) is 3.50. The minimum atomic E-state index is -0.899. The molecule has 0 bridgehead atoms. The van der Waals surface area contributed by atoms with Crippen molar-refractivity contribution >= 4 is 11.9 Å². The summed E-state index contributed by atoms with van der Waals surface area (Å²) in [4.78, 5) is 31.4. The molecule has 148 valence electrons. The number of esters is 1. The number of amides is 1. The molecule has 0 unspecified atom stereocenters. The highest BCUT2D eigenvalue weighted by molar-refractivity contribution is 5.92. The minimum absolute atomic E-state index is 0.0903. The van der Waals surface area contributed by atoms with Gasteiger partial charge in [-0.1, -0.05) is 42.5 Å². The minimum Gasteiger partial charge on any atom is -0.448 e. The molecule has 0 aliphatic carbocycles. The Hall–Kier alpha value is -3.41. The van der Waals surface area contributed by atoms with Crippen LogP contribution in [0.1, 0.15) is 34.3 Å². The molecule has 4 rings (SSSR count). The van der Waals surface area contributed by atoms with Gasteiger partial charge in [0, 0.05) is 18.7 Å². The molecule has 0 radical (unpaired) electrons. The third-order valence-electron chi connectivity index (χ3n) is 5.08. The van der Waals surface area contributed by atoms with Crippen molar-refractivity contribution in [2.45, 2.75) is 32.9 Å². The number of rotatable bonds is 4. The van der Waals surface area contributed by atoms with Crippen molar-refractivity contribution < 1.29 is 18.7 Å². The number of fused-ring (bicyclic) bond motifs is 1. The van der Waals surface area contributed by atoms with Gasteiger partial charge in [0.2, 0.25) is 5.89 Å². The molecule has 0 spiro atoms. The van der Waals surface area contributed by atoms with E-state index in [9.17, 15) is 9.59 Å². The maximum atomic E-state index is 12.8. The van der Waals surface area contributed by atoms with Crippen molar-refractivity contribution in [2.75, 3.05) is 6.54 Å². The summed E-state index contributed by atoms with van der Waals surface area (Å²) in [6, 6.07) is 17.4. The number of benzene rings is 2. The van der Waals surface area contributed by atoms with E-state index in [0.29, 0.717) is 24.7 Å². The Morgan fingerprint density at radius 2 is 1.76 bits per heavy atom. The highest BCUT2D eigenvalue weighted by Gasteiger charge is 2.29. The molecule has 2 aromatic carbocycles. The van der Waals surface area contributed by atoms with Crippen LogP contribution in [0, 0.1) is 6.92 Å². The van der Waals surface area contributed by atoms with Gasteiger partial charge >= 0.3 is 5.97 Å². The molecule has 0 saturated carbocycles. The van der Waals surface area contributed by atoms with E-state index in [-0.39, 0.29) is 11.6 Å². The van der Waals surface area contributed by atoms with Crippen LogP contribution in [-0.4, -0.2) is 34.4 Å². The Morgan fingerprint density at radius 1 is 1.07 bits per heavy atom. The van der Waals surface area contributed by atoms with Crippen LogP contribution in [0.25, 0.3) is 11.5 Å². The molecule has 1 aliphatic rings. The number of ether oxygens (including phenoxy) is 1. The summed E-state index contributed by atoms with van der Waals surface area (Å²) < 4.78 is 11.0. The lowest BCUT2D eigenvalue weighted by Gasteiger charge is -2.30. The summed E-state index contributed by atoms with van der Waals surface area (Å²) in [6.07, 6.45) is -0.102. The van der Waals surface area contributed by atoms with Gasteiger partial charge in [-0.3, -0.25) is 4.79 Å². The van der Waals surface area contributed by atoms with Crippen molar-refractivity contribution in [1.82, 2.24) is 9.88 Å². The summed E-state index contributed by atoms with van der Waals surface area (Å²) in [6.45, 7) is 4.38. The monoisotopic (exact) mass is 390 g/mol. The first-order valence-corrected chi connectivity index (χ1v) is 9.62. The smallest absolute Gasteiger partial charge is 0.361 e. The van der Waals surface area contributed by atoms with Crippen LogP contribution in [0.5, 0.6) is 0 Å². The maximum Gasteiger partial charge on any atom is 0.361 e. The molecule has 1 aromatic heterocycles. The van der Waals surface area contributed by atoms with Gasteiger partial charge in [-0.05, 0) is 43.5 Å². The highest BCUT2D eigenvalue weighted by atomic mass is 16.5. The quantitative estimate of drug-likeness (QED) is 0.634. The SMILES string of the molecule is Cc1oc(-c2ccccc2)nc1C(=O)O[C@H](C)C(=O)N1CCc2ccccc2C1. The van der Waals surface area contributed by atoms with Crippen molar-refractivity contribution in [3.05, 3.63) is 77.2 Å². The van der Waals surface area contributed by atoms with E-state index in [1.165, 1.54) is 5.56 Å². The van der Waals surface area contributed by atoms with E-state index in [2.05, 4.69) is 11.1 Å².